The first kappa shape index (κ1) is 15.6. The van der Waals surface area contributed by atoms with E-state index in [-0.39, 0.29) is 5.91 Å². The SMILES string of the molecule is NCc1ccc(C(=O)Nc2cccc(OC3CCCC3)c2)cc1. The van der Waals surface area contributed by atoms with E-state index in [0.717, 1.165) is 29.8 Å². The van der Waals surface area contributed by atoms with E-state index >= 15 is 0 Å². The van der Waals surface area contributed by atoms with Crippen molar-refractivity contribution in [1.82, 2.24) is 0 Å². The van der Waals surface area contributed by atoms with Gasteiger partial charge in [0.1, 0.15) is 5.75 Å². The summed E-state index contributed by atoms with van der Waals surface area (Å²) < 4.78 is 5.97. The van der Waals surface area contributed by atoms with Gasteiger partial charge in [-0.25, -0.2) is 0 Å². The molecule has 1 amide bonds. The van der Waals surface area contributed by atoms with Gasteiger partial charge in [0.05, 0.1) is 6.10 Å². The van der Waals surface area contributed by atoms with Crippen molar-refractivity contribution in [3.05, 3.63) is 59.7 Å². The molecule has 2 aromatic carbocycles. The van der Waals surface area contributed by atoms with Crippen molar-refractivity contribution in [2.24, 2.45) is 5.73 Å². The van der Waals surface area contributed by atoms with E-state index in [9.17, 15) is 4.79 Å². The monoisotopic (exact) mass is 310 g/mol. The number of ether oxygens (including phenoxy) is 1. The molecule has 0 aliphatic heterocycles. The lowest BCUT2D eigenvalue weighted by Crippen LogP contribution is -2.13. The first-order valence-corrected chi connectivity index (χ1v) is 8.11. The summed E-state index contributed by atoms with van der Waals surface area (Å²) in [7, 11) is 0. The van der Waals surface area contributed by atoms with Crippen LogP contribution in [0.1, 0.15) is 41.6 Å². The van der Waals surface area contributed by atoms with E-state index in [2.05, 4.69) is 5.32 Å². The van der Waals surface area contributed by atoms with Crippen LogP contribution in [0.2, 0.25) is 0 Å². The number of hydrogen-bond acceptors (Lipinski definition) is 3. The molecule has 4 nitrogen and oxygen atoms in total. The number of nitrogens with one attached hydrogen (secondary N) is 1. The summed E-state index contributed by atoms with van der Waals surface area (Å²) in [6.45, 7) is 0.475. The summed E-state index contributed by atoms with van der Waals surface area (Å²) in [5.74, 6) is 0.680. The van der Waals surface area contributed by atoms with E-state index in [4.69, 9.17) is 10.5 Å². The standard InChI is InChI=1S/C19H22N2O2/c20-13-14-8-10-15(11-9-14)19(22)21-16-4-3-7-18(12-16)23-17-5-1-2-6-17/h3-4,7-12,17H,1-2,5-6,13,20H2,(H,21,22). The fourth-order valence-corrected chi connectivity index (χ4v) is 2.84. The molecule has 0 heterocycles. The summed E-state index contributed by atoms with van der Waals surface area (Å²) in [5, 5.41) is 2.91. The van der Waals surface area contributed by atoms with Crippen molar-refractivity contribution in [3.8, 4) is 5.75 Å². The van der Waals surface area contributed by atoms with Gasteiger partial charge >= 0.3 is 0 Å². The Morgan fingerprint density at radius 1 is 1.13 bits per heavy atom. The van der Waals surface area contributed by atoms with Gasteiger partial charge in [-0.1, -0.05) is 18.2 Å². The van der Waals surface area contributed by atoms with E-state index in [1.165, 1.54) is 12.8 Å². The maximum Gasteiger partial charge on any atom is 0.255 e. The summed E-state index contributed by atoms with van der Waals surface area (Å²) in [6, 6.07) is 14.9. The number of carbonyl (C=O) groups is 1. The third-order valence-electron chi connectivity index (χ3n) is 4.15. The van der Waals surface area contributed by atoms with Crippen LogP contribution in [-0.4, -0.2) is 12.0 Å². The molecule has 3 rings (SSSR count). The average Bonchev–Trinajstić information content (AvgIpc) is 3.08. The predicted molar refractivity (Wildman–Crippen MR) is 91.6 cm³/mol. The lowest BCUT2D eigenvalue weighted by Gasteiger charge is -2.14. The van der Waals surface area contributed by atoms with E-state index in [1.807, 2.05) is 36.4 Å². The van der Waals surface area contributed by atoms with Gasteiger partial charge in [-0.2, -0.15) is 0 Å². The summed E-state index contributed by atoms with van der Waals surface area (Å²) in [6.07, 6.45) is 5.01. The second-order valence-corrected chi connectivity index (χ2v) is 5.91. The summed E-state index contributed by atoms with van der Waals surface area (Å²) >= 11 is 0. The van der Waals surface area contributed by atoms with Crippen LogP contribution in [0.15, 0.2) is 48.5 Å². The van der Waals surface area contributed by atoms with Crippen molar-refractivity contribution in [3.63, 3.8) is 0 Å². The van der Waals surface area contributed by atoms with Crippen molar-refractivity contribution in [2.45, 2.75) is 38.3 Å². The summed E-state index contributed by atoms with van der Waals surface area (Å²) in [4.78, 5) is 12.3. The lowest BCUT2D eigenvalue weighted by molar-refractivity contribution is 0.102. The number of anilines is 1. The van der Waals surface area contributed by atoms with Crippen LogP contribution in [0.25, 0.3) is 0 Å². The number of benzene rings is 2. The Morgan fingerprint density at radius 2 is 1.87 bits per heavy atom. The van der Waals surface area contributed by atoms with Crippen molar-refractivity contribution in [2.75, 3.05) is 5.32 Å². The highest BCUT2D eigenvalue weighted by Gasteiger charge is 2.16. The van der Waals surface area contributed by atoms with Crippen molar-refractivity contribution in [1.29, 1.82) is 0 Å². The first-order chi connectivity index (χ1) is 11.2. The zero-order valence-corrected chi connectivity index (χ0v) is 13.1. The van der Waals surface area contributed by atoms with Gasteiger partial charge in [-0.3, -0.25) is 4.79 Å². The van der Waals surface area contributed by atoms with Crippen LogP contribution in [0.3, 0.4) is 0 Å². The number of amides is 1. The molecular weight excluding hydrogens is 288 g/mol. The Morgan fingerprint density at radius 3 is 2.57 bits per heavy atom. The molecule has 0 spiro atoms. The Balaban J connectivity index is 1.65. The van der Waals surface area contributed by atoms with E-state index in [1.54, 1.807) is 12.1 Å². The molecular formula is C19H22N2O2. The Kier molecular flexibility index (Phi) is 4.93. The molecule has 0 saturated heterocycles. The third kappa shape index (κ3) is 4.11. The topological polar surface area (TPSA) is 64.4 Å². The van der Waals surface area contributed by atoms with Crippen molar-refractivity contribution >= 4 is 11.6 Å². The number of hydrogen-bond donors (Lipinski definition) is 2. The minimum Gasteiger partial charge on any atom is -0.490 e. The Bertz CT molecular complexity index is 661. The molecule has 1 aliphatic carbocycles. The Labute approximate surface area is 136 Å². The number of rotatable bonds is 5. The highest BCUT2D eigenvalue weighted by molar-refractivity contribution is 6.04. The van der Waals surface area contributed by atoms with Gasteiger partial charge in [0.15, 0.2) is 0 Å². The average molecular weight is 310 g/mol. The van der Waals surface area contributed by atoms with Crippen LogP contribution in [0.4, 0.5) is 5.69 Å². The number of carbonyl (C=O) groups excluding carboxylic acids is 1. The molecule has 0 radical (unpaired) electrons. The molecule has 0 unspecified atom stereocenters. The van der Waals surface area contributed by atoms with Crippen LogP contribution >= 0.6 is 0 Å². The highest BCUT2D eigenvalue weighted by atomic mass is 16.5. The third-order valence-corrected chi connectivity index (χ3v) is 4.15. The van der Waals surface area contributed by atoms with E-state index < -0.39 is 0 Å². The van der Waals surface area contributed by atoms with Gasteiger partial charge < -0.3 is 15.8 Å². The Hall–Kier alpha value is -2.33. The van der Waals surface area contributed by atoms with Crippen LogP contribution in [0.5, 0.6) is 5.75 Å². The minimum absolute atomic E-state index is 0.133. The molecule has 2 aromatic rings. The maximum atomic E-state index is 12.3. The smallest absolute Gasteiger partial charge is 0.255 e. The molecule has 23 heavy (non-hydrogen) atoms. The van der Waals surface area contributed by atoms with Crippen LogP contribution in [0, 0.1) is 0 Å². The largest absolute Gasteiger partial charge is 0.490 e. The fraction of sp³-hybridized carbons (Fsp3) is 0.316. The molecule has 3 N–H and O–H groups in total. The minimum atomic E-state index is -0.133. The van der Waals surface area contributed by atoms with Gasteiger partial charge in [0, 0.05) is 23.9 Å². The maximum absolute atomic E-state index is 12.3. The number of nitrogens with two attached hydrogens (primary N) is 1. The van der Waals surface area contributed by atoms with Gasteiger partial charge in [0.2, 0.25) is 0 Å². The quantitative estimate of drug-likeness (QED) is 0.884. The zero-order chi connectivity index (χ0) is 16.1. The van der Waals surface area contributed by atoms with Crippen LogP contribution < -0.4 is 15.8 Å². The molecule has 0 aromatic heterocycles. The van der Waals surface area contributed by atoms with Gasteiger partial charge in [-0.15, -0.1) is 0 Å². The molecule has 0 atom stereocenters. The summed E-state index contributed by atoms with van der Waals surface area (Å²) in [5.41, 5.74) is 7.94. The lowest BCUT2D eigenvalue weighted by atomic mass is 10.1. The fourth-order valence-electron chi connectivity index (χ4n) is 2.84. The highest BCUT2D eigenvalue weighted by Crippen LogP contribution is 2.26. The molecule has 1 aliphatic rings. The molecule has 120 valence electrons. The van der Waals surface area contributed by atoms with Crippen LogP contribution in [-0.2, 0) is 6.54 Å². The predicted octanol–water partition coefficient (Wildman–Crippen LogP) is 3.72. The van der Waals surface area contributed by atoms with Crippen molar-refractivity contribution < 1.29 is 9.53 Å². The van der Waals surface area contributed by atoms with Gasteiger partial charge in [-0.05, 0) is 55.5 Å². The normalized spacial score (nSPS) is 14.7. The molecule has 4 heteroatoms. The second-order valence-electron chi connectivity index (χ2n) is 5.91. The molecule has 1 saturated carbocycles. The molecule has 0 bridgehead atoms. The second kappa shape index (κ2) is 7.29. The zero-order valence-electron chi connectivity index (χ0n) is 13.1. The molecule has 1 fully saturated rings. The van der Waals surface area contributed by atoms with Gasteiger partial charge in [0.25, 0.3) is 5.91 Å². The first-order valence-electron chi connectivity index (χ1n) is 8.11. The van der Waals surface area contributed by atoms with E-state index in [0.29, 0.717) is 18.2 Å².